The van der Waals surface area contributed by atoms with Gasteiger partial charge in [-0.2, -0.15) is 5.10 Å². The Morgan fingerprint density at radius 2 is 1.33 bits per heavy atom. The summed E-state index contributed by atoms with van der Waals surface area (Å²) in [6, 6.07) is 30.5. The summed E-state index contributed by atoms with van der Waals surface area (Å²) in [5.74, 6) is -1.35. The van der Waals surface area contributed by atoms with Crippen molar-refractivity contribution in [1.29, 1.82) is 0 Å². The Balaban J connectivity index is 1.26. The normalized spacial score (nSPS) is 11.3. The zero-order valence-electron chi connectivity index (χ0n) is 22.1. The third-order valence-corrected chi connectivity index (χ3v) is 7.21. The van der Waals surface area contributed by atoms with Crippen LogP contribution in [0.5, 0.6) is 0 Å². The van der Waals surface area contributed by atoms with Crippen LogP contribution in [0.15, 0.2) is 119 Å². The Kier molecular flexibility index (Phi) is 8.21. The van der Waals surface area contributed by atoms with Crippen LogP contribution in [0.3, 0.4) is 0 Å². The molecule has 0 fully saturated rings. The Bertz CT molecular complexity index is 1940. The predicted molar refractivity (Wildman–Crippen MR) is 161 cm³/mol. The van der Waals surface area contributed by atoms with Gasteiger partial charge in [0.15, 0.2) is 5.69 Å². The molecule has 0 aliphatic rings. The number of hydrazine groups is 1. The maximum absolute atomic E-state index is 13.1. The molecule has 1 aromatic heterocycles. The second kappa shape index (κ2) is 12.3. The summed E-state index contributed by atoms with van der Waals surface area (Å²) in [5, 5.41) is 6.01. The third kappa shape index (κ3) is 6.77. The number of aromatic nitrogens is 2. The number of fused-ring (bicyclic) bond motifs is 1. The lowest BCUT2D eigenvalue weighted by Gasteiger charge is -2.12. The Morgan fingerprint density at radius 1 is 0.738 bits per heavy atom. The fourth-order valence-electron chi connectivity index (χ4n) is 4.13. The fraction of sp³-hybridized carbons (Fsp3) is 0.0323. The van der Waals surface area contributed by atoms with Crippen molar-refractivity contribution in [2.45, 2.75) is 6.54 Å². The van der Waals surface area contributed by atoms with Crippen LogP contribution in [-0.4, -0.2) is 30.0 Å². The zero-order valence-corrected chi connectivity index (χ0v) is 22.9. The molecule has 0 unspecified atom stereocenters. The molecule has 0 atom stereocenters. The molecule has 10 nitrogen and oxygen atoms in total. The van der Waals surface area contributed by atoms with E-state index in [1.807, 2.05) is 36.4 Å². The van der Waals surface area contributed by atoms with Crippen LogP contribution in [0.25, 0.3) is 16.8 Å². The molecule has 0 radical (unpaired) electrons. The second-order valence-electron chi connectivity index (χ2n) is 9.19. The number of nitrogens with zero attached hydrogens (tertiary/aromatic N) is 2. The van der Waals surface area contributed by atoms with Crippen LogP contribution in [0.4, 0.5) is 5.69 Å². The summed E-state index contributed by atoms with van der Waals surface area (Å²) >= 11 is 0. The molecule has 1 heterocycles. The first-order valence-corrected chi connectivity index (χ1v) is 14.3. The van der Waals surface area contributed by atoms with Gasteiger partial charge in [0, 0.05) is 16.6 Å². The third-order valence-electron chi connectivity index (χ3n) is 6.19. The quantitative estimate of drug-likeness (QED) is 0.238. The molecule has 210 valence electrons. The molecule has 4 aromatic carbocycles. The molecule has 5 aromatic rings. The van der Waals surface area contributed by atoms with Gasteiger partial charge in [0.1, 0.15) is 0 Å². The average molecular weight is 580 g/mol. The highest BCUT2D eigenvalue weighted by atomic mass is 32.2. The Morgan fingerprint density at radius 3 is 2.02 bits per heavy atom. The molecule has 42 heavy (non-hydrogen) atoms. The van der Waals surface area contributed by atoms with Gasteiger partial charge in [0.25, 0.3) is 27.4 Å². The van der Waals surface area contributed by atoms with E-state index in [0.717, 1.165) is 16.5 Å². The van der Waals surface area contributed by atoms with Crippen LogP contribution in [0, 0.1) is 0 Å². The van der Waals surface area contributed by atoms with Crippen molar-refractivity contribution >= 4 is 44.4 Å². The van der Waals surface area contributed by atoms with Crippen molar-refractivity contribution in [2.75, 3.05) is 4.72 Å². The van der Waals surface area contributed by atoms with E-state index < -0.39 is 21.8 Å². The average Bonchev–Trinajstić information content (AvgIpc) is 3.01. The minimum atomic E-state index is -3.78. The molecule has 2 amide bonds. The van der Waals surface area contributed by atoms with Crippen molar-refractivity contribution in [3.8, 4) is 0 Å². The van der Waals surface area contributed by atoms with E-state index in [0.29, 0.717) is 10.8 Å². The topological polar surface area (TPSA) is 139 Å². The van der Waals surface area contributed by atoms with Gasteiger partial charge in [-0.3, -0.25) is 30.0 Å². The van der Waals surface area contributed by atoms with E-state index in [-0.39, 0.29) is 29.0 Å². The lowest BCUT2D eigenvalue weighted by molar-refractivity contribution is 0.0843. The van der Waals surface area contributed by atoms with Crippen molar-refractivity contribution in [2.24, 2.45) is 0 Å². The highest BCUT2D eigenvalue weighted by Gasteiger charge is 2.18. The molecular formula is C31H25N5O5S. The highest BCUT2D eigenvalue weighted by molar-refractivity contribution is 7.95. The second-order valence-corrected chi connectivity index (χ2v) is 10.8. The van der Waals surface area contributed by atoms with Gasteiger partial charge < -0.3 is 0 Å². The number of rotatable bonds is 8. The predicted octanol–water partition coefficient (Wildman–Crippen LogP) is 3.93. The lowest BCUT2D eigenvalue weighted by Crippen LogP contribution is -2.42. The zero-order chi connectivity index (χ0) is 29.5. The number of benzene rings is 4. The summed E-state index contributed by atoms with van der Waals surface area (Å²) in [6.07, 6.45) is 1.47. The molecule has 0 aliphatic carbocycles. The molecule has 0 saturated carbocycles. The van der Waals surface area contributed by atoms with Gasteiger partial charge >= 0.3 is 0 Å². The van der Waals surface area contributed by atoms with Crippen LogP contribution < -0.4 is 21.1 Å². The highest BCUT2D eigenvalue weighted by Crippen LogP contribution is 2.15. The lowest BCUT2D eigenvalue weighted by atomic mass is 10.1. The molecule has 3 N–H and O–H groups in total. The van der Waals surface area contributed by atoms with Crippen LogP contribution >= 0.6 is 0 Å². The van der Waals surface area contributed by atoms with Crippen molar-refractivity contribution in [3.63, 3.8) is 0 Å². The monoisotopic (exact) mass is 579 g/mol. The van der Waals surface area contributed by atoms with E-state index in [1.54, 1.807) is 48.5 Å². The molecule has 11 heteroatoms. The molecule has 0 saturated heterocycles. The molecule has 0 aliphatic heterocycles. The summed E-state index contributed by atoms with van der Waals surface area (Å²) in [4.78, 5) is 38.8. The number of carbonyl (C=O) groups excluding carboxylic acids is 2. The maximum Gasteiger partial charge on any atom is 0.290 e. The minimum absolute atomic E-state index is 0.0326. The molecular weight excluding hydrogens is 554 g/mol. The number of nitrogens with one attached hydrogen (secondary N) is 3. The van der Waals surface area contributed by atoms with E-state index >= 15 is 0 Å². The summed E-state index contributed by atoms with van der Waals surface area (Å²) in [7, 11) is -3.78. The van der Waals surface area contributed by atoms with Gasteiger partial charge in [-0.15, -0.1) is 0 Å². The Labute approximate surface area is 241 Å². The smallest absolute Gasteiger partial charge is 0.280 e. The number of anilines is 1. The van der Waals surface area contributed by atoms with Gasteiger partial charge in [-0.25, -0.2) is 13.1 Å². The Hall–Kier alpha value is -5.55. The first-order chi connectivity index (χ1) is 20.3. The summed E-state index contributed by atoms with van der Waals surface area (Å²) in [5.41, 5.74) is 6.30. The standard InChI is InChI=1S/C31H25N5O5S/c37-29(24-15-17-25(18-16-24)35-42(40,41)20-19-22-9-3-1-4-10-22)32-33-30(38)28-26-13-7-8-14-27(26)31(39)36(34-28)21-23-11-5-2-6-12-23/h1-20,35H,21H2,(H,32,37)(H,33,38)/b20-19+. The van der Waals surface area contributed by atoms with E-state index in [1.165, 1.54) is 35.0 Å². The maximum atomic E-state index is 13.1. The number of amides is 2. The van der Waals surface area contributed by atoms with E-state index in [2.05, 4.69) is 20.7 Å². The number of sulfonamides is 1. The van der Waals surface area contributed by atoms with Crippen molar-refractivity contribution in [3.05, 3.63) is 147 Å². The molecule has 0 spiro atoms. The van der Waals surface area contributed by atoms with E-state index in [4.69, 9.17) is 0 Å². The SMILES string of the molecule is O=C(NNC(=O)c1nn(Cc2ccccc2)c(=O)c2ccccc12)c1ccc(NS(=O)(=O)/C=C/c2ccccc2)cc1. The molecule has 5 rings (SSSR count). The van der Waals surface area contributed by atoms with E-state index in [9.17, 15) is 22.8 Å². The fourth-order valence-corrected chi connectivity index (χ4v) is 5.00. The van der Waals surface area contributed by atoms with Gasteiger partial charge in [0.2, 0.25) is 0 Å². The largest absolute Gasteiger partial charge is 0.290 e. The van der Waals surface area contributed by atoms with Crippen LogP contribution in [0.2, 0.25) is 0 Å². The van der Waals surface area contributed by atoms with Crippen LogP contribution in [0.1, 0.15) is 32.0 Å². The first kappa shape index (κ1) is 28.0. The summed E-state index contributed by atoms with van der Waals surface area (Å²) < 4.78 is 28.4. The number of carbonyl (C=O) groups is 2. The minimum Gasteiger partial charge on any atom is -0.280 e. The number of hydrogen-bond donors (Lipinski definition) is 3. The van der Waals surface area contributed by atoms with Gasteiger partial charge in [-0.05, 0) is 47.5 Å². The molecule has 0 bridgehead atoms. The number of hydrogen-bond acceptors (Lipinski definition) is 6. The first-order valence-electron chi connectivity index (χ1n) is 12.8. The van der Waals surface area contributed by atoms with Crippen LogP contribution in [-0.2, 0) is 16.6 Å². The van der Waals surface area contributed by atoms with Crippen molar-refractivity contribution in [1.82, 2.24) is 20.6 Å². The summed E-state index contributed by atoms with van der Waals surface area (Å²) in [6.45, 7) is 0.162. The van der Waals surface area contributed by atoms with Gasteiger partial charge in [-0.1, -0.05) is 78.9 Å². The van der Waals surface area contributed by atoms with Gasteiger partial charge in [0.05, 0.1) is 17.3 Å². The van der Waals surface area contributed by atoms with Crippen molar-refractivity contribution < 1.29 is 18.0 Å².